The zero-order chi connectivity index (χ0) is 12.0. The van der Waals surface area contributed by atoms with Crippen LogP contribution in [0.15, 0.2) is 11.1 Å². The van der Waals surface area contributed by atoms with Crippen LogP contribution in [0.25, 0.3) is 0 Å². The molecule has 2 amide bonds. The molecule has 6 nitrogen and oxygen atoms in total. The fraction of sp³-hybridized carbons (Fsp3) is 0.375. The lowest BCUT2D eigenvalue weighted by Gasteiger charge is -2.06. The summed E-state index contributed by atoms with van der Waals surface area (Å²) < 4.78 is 0. The van der Waals surface area contributed by atoms with Crippen LogP contribution in [0.1, 0.15) is 19.8 Å². The van der Waals surface area contributed by atoms with Gasteiger partial charge < -0.3 is 15.9 Å². The molecule has 0 aliphatic carbocycles. The lowest BCUT2D eigenvalue weighted by molar-refractivity contribution is -0.133. The average molecular weight is 232 g/mol. The summed E-state index contributed by atoms with van der Waals surface area (Å²) in [5.74, 6) is -2.31. The van der Waals surface area contributed by atoms with E-state index in [-0.39, 0.29) is 24.0 Å². The number of nitrogens with two attached hydrogens (primary N) is 1. The van der Waals surface area contributed by atoms with Crippen molar-refractivity contribution in [1.82, 2.24) is 5.09 Å². The molecule has 0 aliphatic heterocycles. The Labute approximate surface area is 89.2 Å². The lowest BCUT2D eigenvalue weighted by Crippen LogP contribution is -2.20. The van der Waals surface area contributed by atoms with Crippen molar-refractivity contribution < 1.29 is 19.5 Å². The van der Waals surface area contributed by atoms with Gasteiger partial charge in [-0.15, -0.1) is 0 Å². The van der Waals surface area contributed by atoms with Gasteiger partial charge in [0.25, 0.3) is 5.91 Å². The van der Waals surface area contributed by atoms with Gasteiger partial charge in [-0.3, -0.25) is 9.59 Å². The molecule has 84 valence electrons. The molecule has 0 rings (SSSR count). The Bertz CT molecular complexity index is 325. The molecule has 0 heterocycles. The Morgan fingerprint density at radius 2 is 1.87 bits per heavy atom. The first-order chi connectivity index (χ1) is 6.90. The minimum atomic E-state index is -1.19. The third-order valence-corrected chi connectivity index (χ3v) is 2.06. The summed E-state index contributed by atoms with van der Waals surface area (Å²) in [5.41, 5.74) is 4.88. The third-order valence-electron chi connectivity index (χ3n) is 1.80. The van der Waals surface area contributed by atoms with Crippen LogP contribution in [0.4, 0.5) is 0 Å². The van der Waals surface area contributed by atoms with Gasteiger partial charge in [-0.25, -0.2) is 4.79 Å². The SMILES string of the molecule is C/C(C(=O)O)=C(\CCC(N)=O)C(=O)NP. The second kappa shape index (κ2) is 6.14. The summed E-state index contributed by atoms with van der Waals surface area (Å²) in [6.45, 7) is 1.30. The summed E-state index contributed by atoms with van der Waals surface area (Å²) in [6.07, 6.45) is -0.0360. The number of hydrogen-bond acceptors (Lipinski definition) is 3. The highest BCUT2D eigenvalue weighted by Gasteiger charge is 2.16. The van der Waals surface area contributed by atoms with E-state index >= 15 is 0 Å². The quantitative estimate of drug-likeness (QED) is 0.441. The Morgan fingerprint density at radius 3 is 2.20 bits per heavy atom. The molecule has 4 N–H and O–H groups in total. The minimum absolute atomic E-state index is 0.0215. The van der Waals surface area contributed by atoms with Crippen LogP contribution in [0.2, 0.25) is 0 Å². The first kappa shape index (κ1) is 13.6. The Morgan fingerprint density at radius 1 is 1.33 bits per heavy atom. The van der Waals surface area contributed by atoms with Crippen LogP contribution in [0.5, 0.6) is 0 Å². The van der Waals surface area contributed by atoms with E-state index in [0.717, 1.165) is 0 Å². The molecule has 0 spiro atoms. The third kappa shape index (κ3) is 4.56. The molecule has 15 heavy (non-hydrogen) atoms. The number of carbonyl (C=O) groups is 3. The van der Waals surface area contributed by atoms with Crippen molar-refractivity contribution in [2.45, 2.75) is 19.8 Å². The van der Waals surface area contributed by atoms with Gasteiger partial charge in [0, 0.05) is 17.6 Å². The number of nitrogens with one attached hydrogen (secondary N) is 1. The monoisotopic (exact) mass is 232 g/mol. The molecule has 1 unspecified atom stereocenters. The van der Waals surface area contributed by atoms with Crippen molar-refractivity contribution in [3.8, 4) is 0 Å². The maximum Gasteiger partial charge on any atom is 0.331 e. The number of primary amides is 1. The van der Waals surface area contributed by atoms with E-state index < -0.39 is 17.8 Å². The zero-order valence-electron chi connectivity index (χ0n) is 8.24. The lowest BCUT2D eigenvalue weighted by atomic mass is 10.0. The molecule has 0 aromatic heterocycles. The molecular formula is C8H13N2O4P. The molecule has 0 bridgehead atoms. The van der Waals surface area contributed by atoms with Gasteiger partial charge in [0.15, 0.2) is 0 Å². The molecule has 0 aromatic rings. The summed E-state index contributed by atoms with van der Waals surface area (Å²) >= 11 is 0. The first-order valence-electron chi connectivity index (χ1n) is 4.12. The van der Waals surface area contributed by atoms with E-state index in [4.69, 9.17) is 10.8 Å². The molecular weight excluding hydrogens is 219 g/mol. The predicted molar refractivity (Wildman–Crippen MR) is 56.6 cm³/mol. The van der Waals surface area contributed by atoms with Gasteiger partial charge in [-0.05, 0) is 22.7 Å². The molecule has 7 heteroatoms. The van der Waals surface area contributed by atoms with Crippen molar-refractivity contribution in [1.29, 1.82) is 0 Å². The summed E-state index contributed by atoms with van der Waals surface area (Å²) in [6, 6.07) is 0. The fourth-order valence-electron chi connectivity index (χ4n) is 0.936. The van der Waals surface area contributed by atoms with Crippen LogP contribution in [0, 0.1) is 0 Å². The van der Waals surface area contributed by atoms with Gasteiger partial charge in [0.05, 0.1) is 0 Å². The second-order valence-electron chi connectivity index (χ2n) is 2.85. The van der Waals surface area contributed by atoms with E-state index in [9.17, 15) is 14.4 Å². The Kier molecular flexibility index (Phi) is 5.56. The van der Waals surface area contributed by atoms with Gasteiger partial charge in [0.2, 0.25) is 5.91 Å². The van der Waals surface area contributed by atoms with E-state index in [0.29, 0.717) is 0 Å². The standard InChI is InChI=1S/C8H13N2O4P/c1-4(8(13)14)5(7(12)10-15)2-3-6(9)11/h2-3,15H2,1H3,(H2,9,11)(H,10,12)(H,13,14)/b5-4-. The number of carboxylic acid groups (broad SMARTS) is 1. The van der Waals surface area contributed by atoms with Crippen molar-refractivity contribution in [3.63, 3.8) is 0 Å². The number of amides is 2. The molecule has 0 saturated heterocycles. The smallest absolute Gasteiger partial charge is 0.331 e. The molecule has 0 aliphatic rings. The largest absolute Gasteiger partial charge is 0.478 e. The summed E-state index contributed by atoms with van der Waals surface area (Å²) in [7, 11) is 1.97. The normalized spacial score (nSPS) is 11.6. The summed E-state index contributed by atoms with van der Waals surface area (Å²) in [4.78, 5) is 32.4. The minimum Gasteiger partial charge on any atom is -0.478 e. The Hall–Kier alpha value is -1.42. The van der Waals surface area contributed by atoms with Crippen LogP contribution in [-0.4, -0.2) is 22.9 Å². The predicted octanol–water partition coefficient (Wildman–Crippen LogP) is -0.441. The first-order valence-corrected chi connectivity index (χ1v) is 4.70. The highest BCUT2D eigenvalue weighted by atomic mass is 31.0. The fourth-order valence-corrected chi connectivity index (χ4v) is 1.11. The van der Waals surface area contributed by atoms with E-state index in [1.807, 2.05) is 9.39 Å². The van der Waals surface area contributed by atoms with Gasteiger partial charge in [-0.2, -0.15) is 0 Å². The Balaban J connectivity index is 4.89. The number of aliphatic carboxylic acids is 1. The van der Waals surface area contributed by atoms with E-state index in [1.165, 1.54) is 6.92 Å². The highest BCUT2D eigenvalue weighted by molar-refractivity contribution is 7.15. The maximum atomic E-state index is 11.3. The van der Waals surface area contributed by atoms with Crippen LogP contribution < -0.4 is 10.8 Å². The van der Waals surface area contributed by atoms with Gasteiger partial charge in [0.1, 0.15) is 0 Å². The molecule has 0 saturated carbocycles. The summed E-state index contributed by atoms with van der Waals surface area (Å²) in [5, 5.41) is 10.9. The van der Waals surface area contributed by atoms with Gasteiger partial charge >= 0.3 is 5.97 Å². The van der Waals surface area contributed by atoms with Crippen LogP contribution in [-0.2, 0) is 14.4 Å². The molecule has 0 radical (unpaired) electrons. The van der Waals surface area contributed by atoms with Crippen LogP contribution >= 0.6 is 9.39 Å². The van der Waals surface area contributed by atoms with E-state index in [1.54, 1.807) is 0 Å². The average Bonchev–Trinajstić information content (AvgIpc) is 2.16. The number of carbonyl (C=O) groups excluding carboxylic acids is 2. The molecule has 1 atom stereocenters. The molecule has 0 fully saturated rings. The van der Waals surface area contributed by atoms with Crippen molar-refractivity contribution in [2.75, 3.05) is 0 Å². The zero-order valence-corrected chi connectivity index (χ0v) is 9.40. The van der Waals surface area contributed by atoms with Gasteiger partial charge in [-0.1, -0.05) is 0 Å². The van der Waals surface area contributed by atoms with Crippen molar-refractivity contribution in [2.24, 2.45) is 5.73 Å². The number of rotatable bonds is 5. The second-order valence-corrected chi connectivity index (χ2v) is 3.14. The topological polar surface area (TPSA) is 109 Å². The molecule has 0 aromatic carbocycles. The highest BCUT2D eigenvalue weighted by Crippen LogP contribution is 2.12. The van der Waals surface area contributed by atoms with Crippen molar-refractivity contribution in [3.05, 3.63) is 11.1 Å². The van der Waals surface area contributed by atoms with Crippen LogP contribution in [0.3, 0.4) is 0 Å². The number of carboxylic acids is 1. The number of hydrogen-bond donors (Lipinski definition) is 3. The van der Waals surface area contributed by atoms with Crippen molar-refractivity contribution >= 4 is 27.2 Å². The maximum absolute atomic E-state index is 11.3. The van der Waals surface area contributed by atoms with E-state index in [2.05, 4.69) is 5.09 Å².